The van der Waals surface area contributed by atoms with Gasteiger partial charge in [0.2, 0.25) is 6.34 Å². The molecular weight excluding hydrogens is 244 g/mol. The van der Waals surface area contributed by atoms with Crippen molar-refractivity contribution in [3.63, 3.8) is 0 Å². The van der Waals surface area contributed by atoms with Gasteiger partial charge in [-0.2, -0.15) is 4.90 Å². The van der Waals surface area contributed by atoms with Crippen LogP contribution in [0.2, 0.25) is 0 Å². The Hall–Kier alpha value is -2.61. The maximum absolute atomic E-state index is 2.25. The Morgan fingerprint density at radius 2 is 1.55 bits per heavy atom. The number of anilines is 2. The first-order chi connectivity index (χ1) is 9.84. The standard InChI is InChI=1S/C18H15N2/c1-19-13-20(15-9-3-2-4-10-15)17-12-6-8-14-7-5-11-16(19)18(14)17/h2-13H,1H3/q+1. The summed E-state index contributed by atoms with van der Waals surface area (Å²) in [5.41, 5.74) is 3.68. The van der Waals surface area contributed by atoms with Crippen LogP contribution >= 0.6 is 0 Å². The number of hydrogen-bond donors (Lipinski definition) is 0. The van der Waals surface area contributed by atoms with E-state index < -0.39 is 0 Å². The van der Waals surface area contributed by atoms with E-state index in [4.69, 9.17) is 0 Å². The van der Waals surface area contributed by atoms with Gasteiger partial charge in [0.05, 0.1) is 12.4 Å². The van der Waals surface area contributed by atoms with E-state index in [0.29, 0.717) is 0 Å². The summed E-state index contributed by atoms with van der Waals surface area (Å²) < 4.78 is 2.18. The lowest BCUT2D eigenvalue weighted by atomic mass is 10.0. The molecule has 1 aliphatic heterocycles. The summed E-state index contributed by atoms with van der Waals surface area (Å²) in [5, 5.41) is 2.59. The fourth-order valence-electron chi connectivity index (χ4n) is 2.89. The van der Waals surface area contributed by atoms with E-state index in [-0.39, 0.29) is 0 Å². The molecular formula is C18H15N2+. The van der Waals surface area contributed by atoms with Crippen molar-refractivity contribution in [1.82, 2.24) is 0 Å². The lowest BCUT2D eigenvalue weighted by molar-refractivity contribution is -0.399. The van der Waals surface area contributed by atoms with Gasteiger partial charge in [-0.05, 0) is 29.7 Å². The van der Waals surface area contributed by atoms with Gasteiger partial charge in [-0.1, -0.05) is 42.5 Å². The zero-order valence-electron chi connectivity index (χ0n) is 11.3. The second-order valence-electron chi connectivity index (χ2n) is 5.08. The summed E-state index contributed by atoms with van der Waals surface area (Å²) in [6.07, 6.45) is 2.15. The second-order valence-corrected chi connectivity index (χ2v) is 5.08. The Bertz CT molecular complexity index is 814. The third-order valence-electron chi connectivity index (χ3n) is 3.82. The van der Waals surface area contributed by atoms with Crippen LogP contribution in [-0.2, 0) is 0 Å². The van der Waals surface area contributed by atoms with Crippen molar-refractivity contribution in [3.8, 4) is 0 Å². The molecule has 0 atom stereocenters. The SMILES string of the molecule is C[N+]1=CN(c2ccccc2)c2cccc3cccc1c23. The van der Waals surface area contributed by atoms with E-state index >= 15 is 0 Å². The molecule has 0 bridgehead atoms. The molecule has 0 fully saturated rings. The Balaban J connectivity index is 2.05. The van der Waals surface area contributed by atoms with Crippen molar-refractivity contribution in [1.29, 1.82) is 0 Å². The third-order valence-corrected chi connectivity index (χ3v) is 3.82. The average molecular weight is 259 g/mol. The first-order valence-electron chi connectivity index (χ1n) is 6.78. The van der Waals surface area contributed by atoms with Crippen LogP contribution < -0.4 is 4.90 Å². The fourth-order valence-corrected chi connectivity index (χ4v) is 2.89. The van der Waals surface area contributed by atoms with Crippen molar-refractivity contribution < 1.29 is 4.58 Å². The lowest BCUT2D eigenvalue weighted by Crippen LogP contribution is -2.24. The van der Waals surface area contributed by atoms with Crippen LogP contribution in [0.25, 0.3) is 10.8 Å². The minimum Gasteiger partial charge on any atom is -0.235 e. The molecule has 0 spiro atoms. The van der Waals surface area contributed by atoms with E-state index in [2.05, 4.69) is 83.5 Å². The maximum Gasteiger partial charge on any atom is 0.249 e. The van der Waals surface area contributed by atoms with Crippen LogP contribution in [0, 0.1) is 0 Å². The van der Waals surface area contributed by atoms with Crippen LogP contribution in [0.3, 0.4) is 0 Å². The first kappa shape index (κ1) is 11.2. The first-order valence-corrected chi connectivity index (χ1v) is 6.78. The van der Waals surface area contributed by atoms with E-state index in [9.17, 15) is 0 Å². The van der Waals surface area contributed by atoms with Crippen molar-refractivity contribution >= 4 is 34.2 Å². The smallest absolute Gasteiger partial charge is 0.235 e. The largest absolute Gasteiger partial charge is 0.249 e. The molecule has 0 unspecified atom stereocenters. The number of benzene rings is 3. The molecule has 0 amide bonds. The predicted octanol–water partition coefficient (Wildman–Crippen LogP) is 4.29. The van der Waals surface area contributed by atoms with Gasteiger partial charge in [0.1, 0.15) is 17.1 Å². The highest BCUT2D eigenvalue weighted by atomic mass is 15.2. The van der Waals surface area contributed by atoms with E-state index in [0.717, 1.165) is 0 Å². The molecule has 2 heteroatoms. The molecule has 0 saturated carbocycles. The molecule has 2 nitrogen and oxygen atoms in total. The molecule has 3 aromatic rings. The summed E-state index contributed by atoms with van der Waals surface area (Å²) in [5.74, 6) is 0. The van der Waals surface area contributed by atoms with Crippen molar-refractivity contribution in [2.45, 2.75) is 0 Å². The summed E-state index contributed by atoms with van der Waals surface area (Å²) in [6.45, 7) is 0. The Kier molecular flexibility index (Phi) is 2.36. The zero-order valence-corrected chi connectivity index (χ0v) is 11.3. The van der Waals surface area contributed by atoms with Crippen molar-refractivity contribution in [2.75, 3.05) is 11.9 Å². The Morgan fingerprint density at radius 1 is 0.800 bits per heavy atom. The third kappa shape index (κ3) is 1.55. The molecule has 20 heavy (non-hydrogen) atoms. The van der Waals surface area contributed by atoms with Crippen LogP contribution in [0.15, 0.2) is 66.7 Å². The molecule has 96 valence electrons. The molecule has 0 N–H and O–H groups in total. The summed E-state index contributed by atoms with van der Waals surface area (Å²) in [7, 11) is 2.10. The fraction of sp³-hybridized carbons (Fsp3) is 0.0556. The number of rotatable bonds is 1. The van der Waals surface area contributed by atoms with Crippen LogP contribution in [0.4, 0.5) is 17.1 Å². The summed E-state index contributed by atoms with van der Waals surface area (Å²) >= 11 is 0. The van der Waals surface area contributed by atoms with E-state index in [1.807, 2.05) is 6.07 Å². The van der Waals surface area contributed by atoms with Crippen LogP contribution in [-0.4, -0.2) is 18.0 Å². The maximum atomic E-state index is 2.25. The number of nitrogens with zero attached hydrogens (tertiary/aromatic N) is 2. The monoisotopic (exact) mass is 259 g/mol. The minimum absolute atomic E-state index is 1.18. The molecule has 0 saturated heterocycles. The highest BCUT2D eigenvalue weighted by Crippen LogP contribution is 2.39. The quantitative estimate of drug-likeness (QED) is 0.591. The van der Waals surface area contributed by atoms with E-state index in [1.54, 1.807) is 0 Å². The molecule has 1 aliphatic rings. The highest BCUT2D eigenvalue weighted by molar-refractivity contribution is 6.09. The molecule has 0 aliphatic carbocycles. The van der Waals surface area contributed by atoms with Gasteiger partial charge in [0.15, 0.2) is 0 Å². The molecule has 0 aromatic heterocycles. The average Bonchev–Trinajstić information content (AvgIpc) is 2.52. The van der Waals surface area contributed by atoms with Gasteiger partial charge in [-0.25, -0.2) is 4.58 Å². The zero-order chi connectivity index (χ0) is 13.5. The number of para-hydroxylation sites is 1. The normalized spacial score (nSPS) is 13.4. The summed E-state index contributed by atoms with van der Waals surface area (Å²) in [4.78, 5) is 2.25. The predicted molar refractivity (Wildman–Crippen MR) is 84.4 cm³/mol. The van der Waals surface area contributed by atoms with Gasteiger partial charge in [-0.3, -0.25) is 0 Å². The van der Waals surface area contributed by atoms with Gasteiger partial charge in [-0.15, -0.1) is 0 Å². The van der Waals surface area contributed by atoms with Crippen LogP contribution in [0.1, 0.15) is 0 Å². The molecule has 3 aromatic carbocycles. The molecule has 0 radical (unpaired) electrons. The minimum atomic E-state index is 1.18. The van der Waals surface area contributed by atoms with Crippen molar-refractivity contribution in [3.05, 3.63) is 66.7 Å². The topological polar surface area (TPSA) is 6.25 Å². The van der Waals surface area contributed by atoms with Crippen LogP contribution in [0.5, 0.6) is 0 Å². The molecule has 4 rings (SSSR count). The lowest BCUT2D eigenvalue weighted by Gasteiger charge is -2.21. The number of hydrogen-bond acceptors (Lipinski definition) is 1. The van der Waals surface area contributed by atoms with Crippen molar-refractivity contribution in [2.24, 2.45) is 0 Å². The molecule has 1 heterocycles. The van der Waals surface area contributed by atoms with Gasteiger partial charge < -0.3 is 0 Å². The van der Waals surface area contributed by atoms with Gasteiger partial charge >= 0.3 is 0 Å². The van der Waals surface area contributed by atoms with Gasteiger partial charge in [0.25, 0.3) is 0 Å². The second kappa shape index (κ2) is 4.20. The van der Waals surface area contributed by atoms with Gasteiger partial charge in [0, 0.05) is 0 Å². The highest BCUT2D eigenvalue weighted by Gasteiger charge is 2.25. The Morgan fingerprint density at radius 3 is 2.35 bits per heavy atom. The summed E-state index contributed by atoms with van der Waals surface area (Å²) in [6, 6.07) is 23.4. The van der Waals surface area contributed by atoms with E-state index in [1.165, 1.54) is 27.8 Å². The Labute approximate surface area is 118 Å².